The quantitative estimate of drug-likeness (QED) is 0.753. The fourth-order valence-electron chi connectivity index (χ4n) is 1.53. The van der Waals surface area contributed by atoms with Gasteiger partial charge in [-0.15, -0.1) is 0 Å². The van der Waals surface area contributed by atoms with E-state index in [1.807, 2.05) is 19.1 Å². The summed E-state index contributed by atoms with van der Waals surface area (Å²) in [6, 6.07) is 3.69. The zero-order valence-corrected chi connectivity index (χ0v) is 8.01. The van der Waals surface area contributed by atoms with Crippen molar-refractivity contribution in [3.8, 4) is 0 Å². The van der Waals surface area contributed by atoms with Crippen molar-refractivity contribution >= 4 is 0 Å². The minimum absolute atomic E-state index is 0.0132. The van der Waals surface area contributed by atoms with E-state index in [2.05, 4.69) is 4.98 Å². The Balaban J connectivity index is 2.19. The van der Waals surface area contributed by atoms with E-state index in [0.29, 0.717) is 6.61 Å². The Morgan fingerprint density at radius 1 is 1.57 bits per heavy atom. The maximum absolute atomic E-state index is 8.93. The van der Waals surface area contributed by atoms with Crippen LogP contribution in [0.5, 0.6) is 0 Å². The average Bonchev–Trinajstić information content (AvgIpc) is 2.63. The summed E-state index contributed by atoms with van der Waals surface area (Å²) in [5.41, 5.74) is 0.920. The van der Waals surface area contributed by atoms with Crippen molar-refractivity contribution in [1.29, 1.82) is 0 Å². The molecule has 0 aliphatic carbocycles. The Kier molecular flexibility index (Phi) is 2.50. The number of nitrogens with zero attached hydrogens (tertiary/aromatic N) is 1. The molecule has 2 heterocycles. The van der Waals surface area contributed by atoms with Gasteiger partial charge in [0.25, 0.3) is 0 Å². The highest BCUT2D eigenvalue weighted by Gasteiger charge is 2.38. The van der Waals surface area contributed by atoms with Crippen molar-refractivity contribution in [2.75, 3.05) is 13.2 Å². The van der Waals surface area contributed by atoms with Gasteiger partial charge in [-0.2, -0.15) is 0 Å². The number of aromatic nitrogens is 1. The largest absolute Gasteiger partial charge is 0.394 e. The highest BCUT2D eigenvalue weighted by molar-refractivity contribution is 5.16. The van der Waals surface area contributed by atoms with Crippen LogP contribution in [0.4, 0.5) is 0 Å². The fourth-order valence-corrected chi connectivity index (χ4v) is 1.53. The summed E-state index contributed by atoms with van der Waals surface area (Å²) < 4.78 is 11.1. The maximum Gasteiger partial charge on any atom is 0.192 e. The van der Waals surface area contributed by atoms with Crippen LogP contribution in [0.25, 0.3) is 0 Å². The van der Waals surface area contributed by atoms with Crippen molar-refractivity contribution in [3.63, 3.8) is 0 Å². The number of ether oxygens (including phenoxy) is 2. The standard InChI is InChI=1S/C10H13NO3/c1-10(8-2-4-11-5-3-8)13-7-9(6-12)14-10/h2-5,9,12H,6-7H2,1H3. The van der Waals surface area contributed by atoms with Crippen LogP contribution in [0.1, 0.15) is 12.5 Å². The number of hydrogen-bond acceptors (Lipinski definition) is 4. The van der Waals surface area contributed by atoms with Gasteiger partial charge in [0, 0.05) is 18.0 Å². The molecule has 4 nitrogen and oxygen atoms in total. The summed E-state index contributed by atoms with van der Waals surface area (Å²) >= 11 is 0. The monoisotopic (exact) mass is 195 g/mol. The van der Waals surface area contributed by atoms with Gasteiger partial charge >= 0.3 is 0 Å². The molecule has 2 unspecified atom stereocenters. The molecule has 14 heavy (non-hydrogen) atoms. The highest BCUT2D eigenvalue weighted by Crippen LogP contribution is 2.32. The van der Waals surface area contributed by atoms with Crippen LogP contribution in [-0.4, -0.2) is 29.4 Å². The second-order valence-electron chi connectivity index (χ2n) is 3.42. The fraction of sp³-hybridized carbons (Fsp3) is 0.500. The molecule has 4 heteroatoms. The van der Waals surface area contributed by atoms with Crippen molar-refractivity contribution in [2.45, 2.75) is 18.8 Å². The lowest BCUT2D eigenvalue weighted by atomic mass is 10.1. The third kappa shape index (κ3) is 1.64. The lowest BCUT2D eigenvalue weighted by Gasteiger charge is -2.23. The Morgan fingerprint density at radius 2 is 2.29 bits per heavy atom. The Morgan fingerprint density at radius 3 is 2.86 bits per heavy atom. The first-order valence-corrected chi connectivity index (χ1v) is 4.58. The van der Waals surface area contributed by atoms with E-state index in [9.17, 15) is 0 Å². The molecule has 0 radical (unpaired) electrons. The van der Waals surface area contributed by atoms with Crippen LogP contribution in [0.15, 0.2) is 24.5 Å². The summed E-state index contributed by atoms with van der Waals surface area (Å²) in [5.74, 6) is -0.740. The molecule has 2 rings (SSSR count). The predicted octanol–water partition coefficient (Wildman–Crippen LogP) is 0.662. The number of pyridine rings is 1. The molecule has 1 aliphatic rings. The number of rotatable bonds is 2. The van der Waals surface area contributed by atoms with Crippen molar-refractivity contribution < 1.29 is 14.6 Å². The third-order valence-electron chi connectivity index (χ3n) is 2.34. The van der Waals surface area contributed by atoms with Crippen molar-refractivity contribution in [2.24, 2.45) is 0 Å². The third-order valence-corrected chi connectivity index (χ3v) is 2.34. The molecular formula is C10H13NO3. The molecule has 1 fully saturated rings. The summed E-state index contributed by atoms with van der Waals surface area (Å²) in [7, 11) is 0. The van der Waals surface area contributed by atoms with E-state index < -0.39 is 5.79 Å². The lowest BCUT2D eigenvalue weighted by Crippen LogP contribution is -2.24. The summed E-state index contributed by atoms with van der Waals surface area (Å²) in [6.45, 7) is 2.26. The molecule has 1 aromatic heterocycles. The zero-order valence-electron chi connectivity index (χ0n) is 8.01. The second kappa shape index (κ2) is 3.65. The molecule has 1 aromatic rings. The van der Waals surface area contributed by atoms with Crippen LogP contribution >= 0.6 is 0 Å². The molecule has 1 saturated heterocycles. The topological polar surface area (TPSA) is 51.6 Å². The summed E-state index contributed by atoms with van der Waals surface area (Å²) in [5, 5.41) is 8.93. The molecular weight excluding hydrogens is 182 g/mol. The molecule has 0 bridgehead atoms. The van der Waals surface area contributed by atoms with Crippen LogP contribution in [-0.2, 0) is 15.3 Å². The van der Waals surface area contributed by atoms with Gasteiger partial charge in [-0.05, 0) is 19.1 Å². The summed E-state index contributed by atoms with van der Waals surface area (Å²) in [4.78, 5) is 3.93. The van der Waals surface area contributed by atoms with Gasteiger partial charge in [-0.1, -0.05) is 0 Å². The molecule has 1 aliphatic heterocycles. The SMILES string of the molecule is CC1(c2ccncc2)OCC(CO)O1. The first-order chi connectivity index (χ1) is 6.74. The summed E-state index contributed by atoms with van der Waals surface area (Å²) in [6.07, 6.45) is 3.16. The Bertz CT molecular complexity index is 303. The van der Waals surface area contributed by atoms with Crippen LogP contribution in [0.3, 0.4) is 0 Å². The normalized spacial score (nSPS) is 32.0. The highest BCUT2D eigenvalue weighted by atomic mass is 16.7. The zero-order chi connectivity index (χ0) is 10.0. The van der Waals surface area contributed by atoms with Gasteiger partial charge < -0.3 is 14.6 Å². The first-order valence-electron chi connectivity index (χ1n) is 4.58. The predicted molar refractivity (Wildman–Crippen MR) is 49.5 cm³/mol. The van der Waals surface area contributed by atoms with Gasteiger partial charge in [0.15, 0.2) is 5.79 Å². The van der Waals surface area contributed by atoms with E-state index in [-0.39, 0.29) is 12.7 Å². The Hall–Kier alpha value is -0.970. The van der Waals surface area contributed by atoms with Crippen LogP contribution in [0, 0.1) is 0 Å². The second-order valence-corrected chi connectivity index (χ2v) is 3.42. The molecule has 76 valence electrons. The number of aliphatic hydroxyl groups is 1. The first kappa shape index (κ1) is 9.58. The van der Waals surface area contributed by atoms with E-state index in [4.69, 9.17) is 14.6 Å². The van der Waals surface area contributed by atoms with Crippen molar-refractivity contribution in [1.82, 2.24) is 4.98 Å². The minimum Gasteiger partial charge on any atom is -0.394 e. The lowest BCUT2D eigenvalue weighted by molar-refractivity contribution is -0.165. The van der Waals surface area contributed by atoms with Crippen LogP contribution in [0.2, 0.25) is 0 Å². The van der Waals surface area contributed by atoms with Crippen LogP contribution < -0.4 is 0 Å². The van der Waals surface area contributed by atoms with Crippen molar-refractivity contribution in [3.05, 3.63) is 30.1 Å². The average molecular weight is 195 g/mol. The van der Waals surface area contributed by atoms with Gasteiger partial charge in [-0.25, -0.2) is 0 Å². The van der Waals surface area contributed by atoms with Gasteiger partial charge in [0.1, 0.15) is 6.10 Å². The van der Waals surface area contributed by atoms with E-state index in [1.165, 1.54) is 0 Å². The number of hydrogen-bond donors (Lipinski definition) is 1. The molecule has 0 saturated carbocycles. The minimum atomic E-state index is -0.740. The maximum atomic E-state index is 8.93. The number of aliphatic hydroxyl groups excluding tert-OH is 1. The van der Waals surface area contributed by atoms with Gasteiger partial charge in [0.2, 0.25) is 0 Å². The molecule has 0 spiro atoms. The van der Waals surface area contributed by atoms with Gasteiger partial charge in [-0.3, -0.25) is 4.98 Å². The van der Waals surface area contributed by atoms with E-state index >= 15 is 0 Å². The molecule has 1 N–H and O–H groups in total. The molecule has 2 atom stereocenters. The Labute approximate surface area is 82.5 Å². The smallest absolute Gasteiger partial charge is 0.192 e. The molecule has 0 aromatic carbocycles. The van der Waals surface area contributed by atoms with E-state index in [1.54, 1.807) is 12.4 Å². The van der Waals surface area contributed by atoms with E-state index in [0.717, 1.165) is 5.56 Å². The molecule has 0 amide bonds. The van der Waals surface area contributed by atoms with Gasteiger partial charge in [0.05, 0.1) is 13.2 Å².